The highest BCUT2D eigenvalue weighted by molar-refractivity contribution is 7.87. The Morgan fingerprint density at radius 2 is 1.85 bits per heavy atom. The molecule has 1 heterocycles. The number of nitrogens with one attached hydrogen (secondary N) is 1. The first-order valence-electron chi connectivity index (χ1n) is 7.38. The van der Waals surface area contributed by atoms with Gasteiger partial charge in [-0.25, -0.2) is 0 Å². The molecule has 2 fully saturated rings. The molecule has 0 bridgehead atoms. The van der Waals surface area contributed by atoms with E-state index in [1.807, 2.05) is 0 Å². The van der Waals surface area contributed by atoms with E-state index >= 15 is 0 Å². The number of aliphatic carboxylic acids is 1. The lowest BCUT2D eigenvalue weighted by molar-refractivity contribution is -0.142. The summed E-state index contributed by atoms with van der Waals surface area (Å²) in [4.78, 5) is 10.9. The molecule has 1 saturated heterocycles. The van der Waals surface area contributed by atoms with Crippen LogP contribution in [0.2, 0.25) is 0 Å². The summed E-state index contributed by atoms with van der Waals surface area (Å²) < 4.78 is 28.9. The zero-order valence-corrected chi connectivity index (χ0v) is 12.7. The topological polar surface area (TPSA) is 86.7 Å². The van der Waals surface area contributed by atoms with Crippen LogP contribution in [0, 0.1) is 11.8 Å². The van der Waals surface area contributed by atoms with Gasteiger partial charge in [-0.3, -0.25) is 4.79 Å². The molecule has 1 unspecified atom stereocenters. The van der Waals surface area contributed by atoms with Gasteiger partial charge in [0, 0.05) is 19.1 Å². The first-order chi connectivity index (χ1) is 9.38. The number of rotatable bonds is 4. The van der Waals surface area contributed by atoms with Crippen molar-refractivity contribution in [3.8, 4) is 0 Å². The van der Waals surface area contributed by atoms with Crippen LogP contribution in [0.15, 0.2) is 0 Å². The fraction of sp³-hybridized carbons (Fsp3) is 0.923. The van der Waals surface area contributed by atoms with E-state index in [0.29, 0.717) is 44.7 Å². The molecule has 6 nitrogen and oxygen atoms in total. The van der Waals surface area contributed by atoms with E-state index in [1.165, 1.54) is 4.31 Å². The average molecular weight is 304 g/mol. The minimum Gasteiger partial charge on any atom is -0.481 e. The van der Waals surface area contributed by atoms with E-state index in [9.17, 15) is 13.2 Å². The maximum absolute atomic E-state index is 12.3. The van der Waals surface area contributed by atoms with Crippen molar-refractivity contribution >= 4 is 16.2 Å². The number of nitrogens with zero attached hydrogens (tertiary/aromatic N) is 1. The molecular formula is C13H24N2O4S. The first-order valence-corrected chi connectivity index (χ1v) is 8.82. The van der Waals surface area contributed by atoms with Crippen LogP contribution < -0.4 is 4.72 Å². The highest BCUT2D eigenvalue weighted by atomic mass is 32.2. The number of carboxylic acids is 1. The minimum absolute atomic E-state index is 0.118. The molecule has 1 aliphatic heterocycles. The first kappa shape index (κ1) is 15.7. The summed E-state index contributed by atoms with van der Waals surface area (Å²) in [5.41, 5.74) is 0. The molecule has 0 aromatic heterocycles. The maximum atomic E-state index is 12.3. The third kappa shape index (κ3) is 3.93. The Labute approximate surface area is 120 Å². The molecule has 1 aliphatic carbocycles. The smallest absolute Gasteiger partial charge is 0.306 e. The molecule has 20 heavy (non-hydrogen) atoms. The molecule has 1 atom stereocenters. The van der Waals surface area contributed by atoms with Gasteiger partial charge in [-0.15, -0.1) is 0 Å². The fourth-order valence-corrected chi connectivity index (χ4v) is 4.73. The summed E-state index contributed by atoms with van der Waals surface area (Å²) in [5.74, 6) is -0.676. The van der Waals surface area contributed by atoms with Crippen LogP contribution >= 0.6 is 0 Å². The van der Waals surface area contributed by atoms with Gasteiger partial charge in [0.2, 0.25) is 0 Å². The second-order valence-electron chi connectivity index (χ2n) is 6.12. The van der Waals surface area contributed by atoms with Gasteiger partial charge in [0.1, 0.15) is 0 Å². The van der Waals surface area contributed by atoms with Gasteiger partial charge in [-0.05, 0) is 44.4 Å². The molecule has 0 spiro atoms. The lowest BCUT2D eigenvalue weighted by Gasteiger charge is -2.33. The van der Waals surface area contributed by atoms with E-state index < -0.39 is 16.2 Å². The van der Waals surface area contributed by atoms with Gasteiger partial charge in [0.05, 0.1) is 5.92 Å². The summed E-state index contributed by atoms with van der Waals surface area (Å²) in [7, 11) is -3.42. The molecule has 0 radical (unpaired) electrons. The van der Waals surface area contributed by atoms with Gasteiger partial charge in [0.25, 0.3) is 10.2 Å². The molecular weight excluding hydrogens is 280 g/mol. The highest BCUT2D eigenvalue weighted by Gasteiger charge is 2.32. The van der Waals surface area contributed by atoms with Crippen LogP contribution in [-0.2, 0) is 15.0 Å². The van der Waals surface area contributed by atoms with Crippen molar-refractivity contribution in [1.82, 2.24) is 9.03 Å². The van der Waals surface area contributed by atoms with Crippen molar-refractivity contribution in [2.45, 2.75) is 51.5 Å². The van der Waals surface area contributed by atoms with E-state index in [-0.39, 0.29) is 12.0 Å². The summed E-state index contributed by atoms with van der Waals surface area (Å²) >= 11 is 0. The van der Waals surface area contributed by atoms with Gasteiger partial charge in [0.15, 0.2) is 0 Å². The molecule has 2 rings (SSSR count). The third-order valence-electron chi connectivity index (χ3n) is 4.35. The lowest BCUT2D eigenvalue weighted by Crippen LogP contribution is -2.49. The zero-order chi connectivity index (χ0) is 14.8. The predicted octanol–water partition coefficient (Wildman–Crippen LogP) is 1.20. The van der Waals surface area contributed by atoms with Crippen molar-refractivity contribution in [3.63, 3.8) is 0 Å². The normalized spacial score (nSPS) is 33.0. The molecule has 0 aromatic carbocycles. The summed E-state index contributed by atoms with van der Waals surface area (Å²) in [6, 6.07) is -0.118. The Morgan fingerprint density at radius 1 is 1.20 bits per heavy atom. The summed E-state index contributed by atoms with van der Waals surface area (Å²) in [6.45, 7) is 3.24. The Balaban J connectivity index is 1.88. The van der Waals surface area contributed by atoms with Crippen molar-refractivity contribution < 1.29 is 18.3 Å². The number of carbonyl (C=O) groups is 1. The van der Waals surface area contributed by atoms with E-state index in [4.69, 9.17) is 5.11 Å². The maximum Gasteiger partial charge on any atom is 0.306 e. The molecule has 2 N–H and O–H groups in total. The minimum atomic E-state index is -3.42. The summed E-state index contributed by atoms with van der Waals surface area (Å²) in [6.07, 6.45) is 4.32. The number of carboxylic acid groups (broad SMARTS) is 1. The van der Waals surface area contributed by atoms with Crippen molar-refractivity contribution in [2.24, 2.45) is 11.8 Å². The van der Waals surface area contributed by atoms with Gasteiger partial charge >= 0.3 is 5.97 Å². The average Bonchev–Trinajstić information content (AvgIpc) is 2.39. The van der Waals surface area contributed by atoms with Gasteiger partial charge < -0.3 is 5.11 Å². The number of piperidine rings is 1. The Kier molecular flexibility index (Phi) is 5.04. The largest absolute Gasteiger partial charge is 0.481 e. The van der Waals surface area contributed by atoms with E-state index in [2.05, 4.69) is 11.6 Å². The van der Waals surface area contributed by atoms with Crippen molar-refractivity contribution in [2.75, 3.05) is 13.1 Å². The SMILES string of the molecule is CC1CCCN(S(=O)(=O)NC2CCC(C(=O)O)CC2)C1. The van der Waals surface area contributed by atoms with Gasteiger partial charge in [-0.2, -0.15) is 17.4 Å². The quantitative estimate of drug-likeness (QED) is 0.817. The van der Waals surface area contributed by atoms with Gasteiger partial charge in [-0.1, -0.05) is 6.92 Å². The molecule has 1 saturated carbocycles. The van der Waals surface area contributed by atoms with Crippen LogP contribution in [0.5, 0.6) is 0 Å². The number of hydrogen-bond donors (Lipinski definition) is 2. The van der Waals surface area contributed by atoms with Crippen LogP contribution in [0.3, 0.4) is 0 Å². The van der Waals surface area contributed by atoms with E-state index in [0.717, 1.165) is 12.8 Å². The molecule has 7 heteroatoms. The molecule has 2 aliphatic rings. The summed E-state index contributed by atoms with van der Waals surface area (Å²) in [5, 5.41) is 8.94. The lowest BCUT2D eigenvalue weighted by atomic mass is 9.87. The second-order valence-corrected chi connectivity index (χ2v) is 7.82. The molecule has 0 aromatic rings. The Bertz CT molecular complexity index is 443. The monoisotopic (exact) mass is 304 g/mol. The van der Waals surface area contributed by atoms with Crippen molar-refractivity contribution in [3.05, 3.63) is 0 Å². The van der Waals surface area contributed by atoms with Crippen LogP contribution in [0.1, 0.15) is 45.4 Å². The predicted molar refractivity (Wildman–Crippen MR) is 75.4 cm³/mol. The number of hydrogen-bond acceptors (Lipinski definition) is 3. The Hall–Kier alpha value is -0.660. The van der Waals surface area contributed by atoms with Crippen LogP contribution in [0.4, 0.5) is 0 Å². The van der Waals surface area contributed by atoms with Crippen molar-refractivity contribution in [1.29, 1.82) is 0 Å². The Morgan fingerprint density at radius 3 is 2.40 bits per heavy atom. The third-order valence-corrected chi connectivity index (χ3v) is 5.99. The standard InChI is InChI=1S/C13H24N2O4S/c1-10-3-2-8-15(9-10)20(18,19)14-12-6-4-11(5-7-12)13(16)17/h10-12,14H,2-9H2,1H3,(H,16,17). The zero-order valence-electron chi connectivity index (χ0n) is 11.9. The van der Waals surface area contributed by atoms with Crippen LogP contribution in [-0.4, -0.2) is 42.9 Å². The highest BCUT2D eigenvalue weighted by Crippen LogP contribution is 2.26. The van der Waals surface area contributed by atoms with Crippen LogP contribution in [0.25, 0.3) is 0 Å². The fourth-order valence-electron chi connectivity index (χ4n) is 3.11. The molecule has 116 valence electrons. The second kappa shape index (κ2) is 6.41. The molecule has 0 amide bonds. The van der Waals surface area contributed by atoms with E-state index in [1.54, 1.807) is 0 Å².